The number of nitrogens with one attached hydrogen (secondary N) is 1. The maximum Gasteiger partial charge on any atom is 0.210 e. The van der Waals surface area contributed by atoms with E-state index in [0.29, 0.717) is 47.5 Å². The van der Waals surface area contributed by atoms with Crippen LogP contribution in [0.25, 0.3) is 0 Å². The summed E-state index contributed by atoms with van der Waals surface area (Å²) in [4.78, 5) is 47.8. The van der Waals surface area contributed by atoms with Gasteiger partial charge in [-0.25, -0.2) is 9.97 Å². The number of benzene rings is 1. The largest absolute Gasteiger partial charge is 0.355 e. The number of ketones is 3. The van der Waals surface area contributed by atoms with Crippen LogP contribution in [0.2, 0.25) is 0 Å². The molecular weight excluding hydrogens is 342 g/mol. The summed E-state index contributed by atoms with van der Waals surface area (Å²) in [5.41, 5.74) is 2.50. The summed E-state index contributed by atoms with van der Waals surface area (Å²) in [6.07, 6.45) is 4.96. The molecule has 1 atom stereocenters. The highest BCUT2D eigenvalue weighted by Crippen LogP contribution is 2.44. The van der Waals surface area contributed by atoms with E-state index in [1.165, 1.54) is 0 Å². The number of aromatic nitrogens is 2. The van der Waals surface area contributed by atoms with Crippen molar-refractivity contribution in [2.45, 2.75) is 25.2 Å². The second kappa shape index (κ2) is 5.81. The zero-order valence-electron chi connectivity index (χ0n) is 14.4. The molecule has 1 aromatic carbocycles. The van der Waals surface area contributed by atoms with Crippen molar-refractivity contribution in [2.24, 2.45) is 0 Å². The number of Topliss-reactive ketones (excluding diaryl/α,β-unsaturated/α-hetero) is 3. The van der Waals surface area contributed by atoms with E-state index in [2.05, 4.69) is 15.3 Å². The van der Waals surface area contributed by atoms with Crippen LogP contribution in [0.3, 0.4) is 0 Å². The number of allylic oxidation sites excluding steroid dienone is 4. The number of carbonyl (C=O) groups is 3. The van der Waals surface area contributed by atoms with E-state index >= 15 is 0 Å². The van der Waals surface area contributed by atoms with Gasteiger partial charge in [-0.05, 0) is 18.9 Å². The Morgan fingerprint density at radius 1 is 0.852 bits per heavy atom. The molecule has 3 aliphatic rings. The van der Waals surface area contributed by atoms with Gasteiger partial charge in [0.15, 0.2) is 11.6 Å². The quantitative estimate of drug-likeness (QED) is 0.843. The first-order chi connectivity index (χ1) is 13.2. The predicted octanol–water partition coefficient (Wildman–Crippen LogP) is 2.50. The van der Waals surface area contributed by atoms with E-state index in [0.717, 1.165) is 0 Å². The van der Waals surface area contributed by atoms with Gasteiger partial charge in [-0.2, -0.15) is 0 Å². The second-order valence-corrected chi connectivity index (χ2v) is 6.83. The third kappa shape index (κ3) is 2.23. The number of hydrogen-bond acceptors (Lipinski definition) is 6. The van der Waals surface area contributed by atoms with Crippen molar-refractivity contribution in [3.05, 3.63) is 82.2 Å². The van der Waals surface area contributed by atoms with Gasteiger partial charge in [0.2, 0.25) is 5.78 Å². The van der Waals surface area contributed by atoms with Crippen LogP contribution >= 0.6 is 0 Å². The van der Waals surface area contributed by atoms with Crippen LogP contribution in [0, 0.1) is 0 Å². The number of carbonyl (C=O) groups excluding carboxylic acids is 3. The first-order valence-electron chi connectivity index (χ1n) is 8.89. The maximum atomic E-state index is 13.3. The van der Waals surface area contributed by atoms with Crippen molar-refractivity contribution in [2.75, 3.05) is 0 Å². The van der Waals surface area contributed by atoms with Gasteiger partial charge in [-0.3, -0.25) is 14.4 Å². The highest BCUT2D eigenvalue weighted by molar-refractivity contribution is 6.28. The van der Waals surface area contributed by atoms with Gasteiger partial charge in [0.25, 0.3) is 0 Å². The summed E-state index contributed by atoms with van der Waals surface area (Å²) in [5.74, 6) is -0.850. The lowest BCUT2D eigenvalue weighted by atomic mass is 9.72. The lowest BCUT2D eigenvalue weighted by molar-refractivity contribution is -0.116. The van der Waals surface area contributed by atoms with E-state index in [-0.39, 0.29) is 28.6 Å². The Morgan fingerprint density at radius 2 is 1.56 bits per heavy atom. The third-order valence-corrected chi connectivity index (χ3v) is 5.31. The van der Waals surface area contributed by atoms with Gasteiger partial charge in [-0.15, -0.1) is 0 Å². The molecule has 2 aromatic rings. The molecule has 27 heavy (non-hydrogen) atoms. The van der Waals surface area contributed by atoms with E-state index < -0.39 is 5.92 Å². The number of hydrogen-bond donors (Lipinski definition) is 1. The zero-order chi connectivity index (χ0) is 18.5. The Kier molecular flexibility index (Phi) is 3.40. The van der Waals surface area contributed by atoms with Crippen LogP contribution in [-0.2, 0) is 4.79 Å². The minimum atomic E-state index is -0.713. The molecule has 0 saturated heterocycles. The molecule has 1 aromatic heterocycles. The standard InChI is InChI=1S/C21H15N3O3/c25-14-8-3-7-13-15(14)16(21-22-9-4-10-23-21)17-18(24-13)20(27)12-6-2-1-5-11(12)19(17)26/h1-2,4-6,9-10,16,24H,3,7-8H2. The number of dihydropyridines is 1. The van der Waals surface area contributed by atoms with Crippen molar-refractivity contribution >= 4 is 17.3 Å². The molecule has 6 heteroatoms. The maximum absolute atomic E-state index is 13.3. The van der Waals surface area contributed by atoms with Crippen LogP contribution < -0.4 is 5.32 Å². The smallest absolute Gasteiger partial charge is 0.210 e. The summed E-state index contributed by atoms with van der Waals surface area (Å²) in [5, 5.41) is 3.12. The summed E-state index contributed by atoms with van der Waals surface area (Å²) in [7, 11) is 0. The lowest BCUT2D eigenvalue weighted by Crippen LogP contribution is -2.40. The van der Waals surface area contributed by atoms with E-state index in [1.807, 2.05) is 0 Å². The van der Waals surface area contributed by atoms with E-state index in [4.69, 9.17) is 0 Å². The van der Waals surface area contributed by atoms with Crippen molar-refractivity contribution in [3.63, 3.8) is 0 Å². The molecule has 1 unspecified atom stereocenters. The van der Waals surface area contributed by atoms with Crippen molar-refractivity contribution in [1.82, 2.24) is 15.3 Å². The van der Waals surface area contributed by atoms with Crippen LogP contribution in [0.1, 0.15) is 51.7 Å². The molecule has 0 saturated carbocycles. The Hall–Kier alpha value is -3.41. The molecule has 0 bridgehead atoms. The first-order valence-corrected chi connectivity index (χ1v) is 8.89. The lowest BCUT2D eigenvalue weighted by Gasteiger charge is -2.35. The molecule has 6 nitrogen and oxygen atoms in total. The van der Waals surface area contributed by atoms with Gasteiger partial charge in [0, 0.05) is 46.8 Å². The molecule has 0 radical (unpaired) electrons. The minimum absolute atomic E-state index is 0.0214. The molecule has 5 rings (SSSR count). The summed E-state index contributed by atoms with van der Waals surface area (Å²) in [6.45, 7) is 0. The predicted molar refractivity (Wildman–Crippen MR) is 95.9 cm³/mol. The van der Waals surface area contributed by atoms with Gasteiger partial charge in [0.1, 0.15) is 5.82 Å². The number of rotatable bonds is 1. The van der Waals surface area contributed by atoms with Crippen LogP contribution in [0.5, 0.6) is 0 Å². The fourth-order valence-corrected chi connectivity index (χ4v) is 4.14. The summed E-state index contributed by atoms with van der Waals surface area (Å²) >= 11 is 0. The third-order valence-electron chi connectivity index (χ3n) is 5.31. The minimum Gasteiger partial charge on any atom is -0.355 e. The van der Waals surface area contributed by atoms with Gasteiger partial charge < -0.3 is 5.32 Å². The molecular formula is C21H15N3O3. The molecule has 0 fully saturated rings. The fourth-order valence-electron chi connectivity index (χ4n) is 4.14. The molecule has 2 aliphatic carbocycles. The van der Waals surface area contributed by atoms with Gasteiger partial charge in [-0.1, -0.05) is 24.3 Å². The van der Waals surface area contributed by atoms with E-state index in [9.17, 15) is 14.4 Å². The fraction of sp³-hybridized carbons (Fsp3) is 0.190. The highest BCUT2D eigenvalue weighted by Gasteiger charge is 2.45. The topological polar surface area (TPSA) is 89.0 Å². The van der Waals surface area contributed by atoms with Crippen LogP contribution in [-0.4, -0.2) is 27.3 Å². The Labute approximate surface area is 155 Å². The molecule has 2 heterocycles. The molecule has 1 aliphatic heterocycles. The number of fused-ring (bicyclic) bond motifs is 1. The van der Waals surface area contributed by atoms with Crippen molar-refractivity contribution < 1.29 is 14.4 Å². The highest BCUT2D eigenvalue weighted by atomic mass is 16.1. The molecule has 1 N–H and O–H groups in total. The Balaban J connectivity index is 1.77. The van der Waals surface area contributed by atoms with Gasteiger partial charge in [0.05, 0.1) is 11.6 Å². The average Bonchev–Trinajstić information content (AvgIpc) is 2.71. The first kappa shape index (κ1) is 15.8. The van der Waals surface area contributed by atoms with Crippen molar-refractivity contribution in [1.29, 1.82) is 0 Å². The van der Waals surface area contributed by atoms with Crippen LogP contribution in [0.4, 0.5) is 0 Å². The van der Waals surface area contributed by atoms with E-state index in [1.54, 1.807) is 42.7 Å². The van der Waals surface area contributed by atoms with Crippen molar-refractivity contribution in [3.8, 4) is 0 Å². The zero-order valence-corrected chi connectivity index (χ0v) is 14.4. The molecule has 0 spiro atoms. The summed E-state index contributed by atoms with van der Waals surface area (Å²) in [6, 6.07) is 8.46. The van der Waals surface area contributed by atoms with Crippen LogP contribution in [0.15, 0.2) is 65.3 Å². The Morgan fingerprint density at radius 3 is 2.30 bits per heavy atom. The summed E-state index contributed by atoms with van der Waals surface area (Å²) < 4.78 is 0. The molecule has 132 valence electrons. The Bertz CT molecular complexity index is 1080. The second-order valence-electron chi connectivity index (χ2n) is 6.83. The molecule has 0 amide bonds. The normalized spacial score (nSPS) is 21.5. The SMILES string of the molecule is O=C1CCCC2=C1C(c1ncccn1)C1=C(N2)C(=O)c2ccccc2C1=O. The average molecular weight is 357 g/mol. The monoisotopic (exact) mass is 357 g/mol. The van der Waals surface area contributed by atoms with Gasteiger partial charge >= 0.3 is 0 Å². The number of nitrogens with zero attached hydrogens (tertiary/aromatic N) is 2.